The predicted octanol–water partition coefficient (Wildman–Crippen LogP) is 3.93. The van der Waals surface area contributed by atoms with Crippen molar-refractivity contribution in [3.8, 4) is 17.1 Å². The summed E-state index contributed by atoms with van der Waals surface area (Å²) >= 11 is 0. The van der Waals surface area contributed by atoms with Crippen molar-refractivity contribution in [1.29, 1.82) is 0 Å². The summed E-state index contributed by atoms with van der Waals surface area (Å²) in [4.78, 5) is 43.5. The van der Waals surface area contributed by atoms with Gasteiger partial charge in [0.1, 0.15) is 5.76 Å². The van der Waals surface area contributed by atoms with Crippen LogP contribution in [-0.4, -0.2) is 27.8 Å². The van der Waals surface area contributed by atoms with Crippen molar-refractivity contribution in [2.24, 2.45) is 0 Å². The molecular weight excluding hydrogens is 416 g/mol. The molecule has 0 aliphatic carbocycles. The molecule has 0 aliphatic heterocycles. The number of non-ortho nitro benzene ring substituents is 1. The highest BCUT2D eigenvalue weighted by atomic mass is 16.6. The van der Waals surface area contributed by atoms with E-state index in [1.165, 1.54) is 30.3 Å². The number of hydrogen-bond acceptors (Lipinski definition) is 9. The number of rotatable bonds is 7. The van der Waals surface area contributed by atoms with Crippen molar-refractivity contribution in [1.82, 2.24) is 0 Å². The summed E-state index contributed by atoms with van der Waals surface area (Å²) in [5, 5.41) is 35.6. The quantitative estimate of drug-likeness (QED) is 0.430. The lowest BCUT2D eigenvalue weighted by atomic mass is 10.1. The van der Waals surface area contributed by atoms with Gasteiger partial charge < -0.3 is 14.5 Å². The molecule has 0 saturated carbocycles. The van der Waals surface area contributed by atoms with Gasteiger partial charge in [-0.25, -0.2) is 0 Å². The molecule has 31 heavy (non-hydrogen) atoms. The first-order chi connectivity index (χ1) is 14.7. The molecule has 1 N–H and O–H groups in total. The second kappa shape index (κ2) is 8.28. The number of nitrogens with zero attached hydrogens (tertiary/aromatic N) is 3. The number of anilines is 1. The zero-order valence-corrected chi connectivity index (χ0v) is 15.6. The Kier molecular flexibility index (Phi) is 5.59. The largest absolute Gasteiger partial charge is 0.485 e. The van der Waals surface area contributed by atoms with Gasteiger partial charge in [-0.15, -0.1) is 0 Å². The summed E-state index contributed by atoms with van der Waals surface area (Å²) in [6.07, 6.45) is 0. The Labute approximate surface area is 172 Å². The molecule has 2 aromatic carbocycles. The number of methoxy groups -OCH3 is 1. The van der Waals surface area contributed by atoms with Crippen LogP contribution in [0.3, 0.4) is 0 Å². The third-order valence-electron chi connectivity index (χ3n) is 4.08. The van der Waals surface area contributed by atoms with Gasteiger partial charge in [0.2, 0.25) is 0 Å². The van der Waals surface area contributed by atoms with Gasteiger partial charge in [-0.1, -0.05) is 12.1 Å². The van der Waals surface area contributed by atoms with E-state index in [2.05, 4.69) is 5.32 Å². The molecule has 0 radical (unpaired) electrons. The molecule has 3 aromatic rings. The number of carbonyl (C=O) groups excluding carboxylic acids is 1. The molecule has 13 nitrogen and oxygen atoms in total. The lowest BCUT2D eigenvalue weighted by molar-refractivity contribution is -0.395. The Balaban J connectivity index is 1.91. The maximum Gasteiger partial charge on any atom is 0.320 e. The Morgan fingerprint density at radius 2 is 1.58 bits per heavy atom. The van der Waals surface area contributed by atoms with Crippen LogP contribution in [0.5, 0.6) is 5.75 Å². The summed E-state index contributed by atoms with van der Waals surface area (Å²) in [5.41, 5.74) is -1.45. The Bertz CT molecular complexity index is 1180. The van der Waals surface area contributed by atoms with E-state index in [4.69, 9.17) is 9.15 Å². The summed E-state index contributed by atoms with van der Waals surface area (Å²) in [7, 11) is 1.05. The summed E-state index contributed by atoms with van der Waals surface area (Å²) in [5.74, 6) is -1.45. The minimum Gasteiger partial charge on any atom is -0.485 e. The van der Waals surface area contributed by atoms with Gasteiger partial charge in [0, 0.05) is 29.8 Å². The van der Waals surface area contributed by atoms with Gasteiger partial charge in [0.05, 0.1) is 27.6 Å². The van der Waals surface area contributed by atoms with Gasteiger partial charge in [-0.3, -0.25) is 35.1 Å². The van der Waals surface area contributed by atoms with Crippen molar-refractivity contribution in [2.75, 3.05) is 12.4 Å². The van der Waals surface area contributed by atoms with E-state index in [0.717, 1.165) is 19.2 Å². The molecule has 3 rings (SSSR count). The maximum absolute atomic E-state index is 12.5. The van der Waals surface area contributed by atoms with Crippen LogP contribution in [0, 0.1) is 30.3 Å². The van der Waals surface area contributed by atoms with Crippen molar-refractivity contribution in [3.05, 3.63) is 84.6 Å². The molecule has 0 bridgehead atoms. The predicted molar refractivity (Wildman–Crippen MR) is 105 cm³/mol. The van der Waals surface area contributed by atoms with Gasteiger partial charge in [-0.05, 0) is 12.1 Å². The van der Waals surface area contributed by atoms with Gasteiger partial charge in [0.15, 0.2) is 5.76 Å². The number of benzene rings is 2. The van der Waals surface area contributed by atoms with Crippen molar-refractivity contribution >= 4 is 28.7 Å². The van der Waals surface area contributed by atoms with E-state index in [0.29, 0.717) is 5.56 Å². The van der Waals surface area contributed by atoms with E-state index in [-0.39, 0.29) is 22.9 Å². The van der Waals surface area contributed by atoms with Gasteiger partial charge >= 0.3 is 11.4 Å². The fraction of sp³-hybridized carbons (Fsp3) is 0.0556. The van der Waals surface area contributed by atoms with Crippen LogP contribution in [0.1, 0.15) is 10.6 Å². The highest BCUT2D eigenvalue weighted by Gasteiger charge is 2.28. The molecular formula is C18H12N4O9. The SMILES string of the molecule is COc1c([N+](=O)[O-])cc(NC(=O)c2ccc(-c3cccc([N+](=O)[O-])c3)o2)cc1[N+](=O)[O-]. The molecule has 0 saturated heterocycles. The number of carbonyl (C=O) groups is 1. The highest BCUT2D eigenvalue weighted by molar-refractivity contribution is 6.03. The van der Waals surface area contributed by atoms with Crippen molar-refractivity contribution in [3.63, 3.8) is 0 Å². The number of hydrogen-bond donors (Lipinski definition) is 1. The fourth-order valence-corrected chi connectivity index (χ4v) is 2.73. The average molecular weight is 428 g/mol. The second-order valence-electron chi connectivity index (χ2n) is 5.99. The lowest BCUT2D eigenvalue weighted by Gasteiger charge is -2.07. The summed E-state index contributed by atoms with van der Waals surface area (Å²) < 4.78 is 10.2. The normalized spacial score (nSPS) is 10.4. The molecule has 13 heteroatoms. The van der Waals surface area contributed by atoms with Crippen LogP contribution < -0.4 is 10.1 Å². The van der Waals surface area contributed by atoms with E-state index < -0.39 is 37.8 Å². The van der Waals surface area contributed by atoms with Crippen LogP contribution >= 0.6 is 0 Å². The van der Waals surface area contributed by atoms with Gasteiger partial charge in [-0.2, -0.15) is 0 Å². The number of ether oxygens (including phenoxy) is 1. The number of nitrogens with one attached hydrogen (secondary N) is 1. The lowest BCUT2D eigenvalue weighted by Crippen LogP contribution is -2.11. The maximum atomic E-state index is 12.5. The fourth-order valence-electron chi connectivity index (χ4n) is 2.73. The van der Waals surface area contributed by atoms with E-state index in [1.807, 2.05) is 0 Å². The van der Waals surface area contributed by atoms with Crippen LogP contribution in [0.2, 0.25) is 0 Å². The summed E-state index contributed by atoms with van der Waals surface area (Å²) in [6.45, 7) is 0. The molecule has 0 unspecified atom stereocenters. The van der Waals surface area contributed by atoms with Crippen LogP contribution in [-0.2, 0) is 0 Å². The molecule has 158 valence electrons. The van der Waals surface area contributed by atoms with Crippen LogP contribution in [0.25, 0.3) is 11.3 Å². The Morgan fingerprint density at radius 3 is 2.13 bits per heavy atom. The molecule has 1 amide bonds. The first-order valence-corrected chi connectivity index (χ1v) is 8.38. The smallest absolute Gasteiger partial charge is 0.320 e. The van der Waals surface area contributed by atoms with E-state index >= 15 is 0 Å². The Morgan fingerprint density at radius 1 is 0.935 bits per heavy atom. The number of amides is 1. The monoisotopic (exact) mass is 428 g/mol. The van der Waals surface area contributed by atoms with Crippen LogP contribution in [0.15, 0.2) is 52.9 Å². The second-order valence-corrected chi connectivity index (χ2v) is 5.99. The minimum atomic E-state index is -0.880. The zero-order valence-electron chi connectivity index (χ0n) is 15.6. The molecule has 1 aromatic heterocycles. The molecule has 0 spiro atoms. The number of furan rings is 1. The number of nitro benzene ring substituents is 3. The highest BCUT2D eigenvalue weighted by Crippen LogP contribution is 2.39. The Hall–Kier alpha value is -4.81. The van der Waals surface area contributed by atoms with Crippen molar-refractivity contribution < 1.29 is 28.7 Å². The molecule has 0 fully saturated rings. The van der Waals surface area contributed by atoms with E-state index in [1.54, 1.807) is 6.07 Å². The standard InChI is InChI=1S/C18H12N4O9/c1-30-17-13(21(26)27)8-11(9-14(17)22(28)29)19-18(23)16-6-5-15(31-16)10-3-2-4-12(7-10)20(24)25/h2-9H,1H3,(H,19,23). The summed E-state index contributed by atoms with van der Waals surface area (Å²) in [6, 6.07) is 10.1. The van der Waals surface area contributed by atoms with Crippen LogP contribution in [0.4, 0.5) is 22.7 Å². The topological polar surface area (TPSA) is 181 Å². The average Bonchev–Trinajstić information content (AvgIpc) is 3.23. The third-order valence-corrected chi connectivity index (χ3v) is 4.08. The third kappa shape index (κ3) is 4.29. The molecule has 0 aliphatic rings. The zero-order chi connectivity index (χ0) is 22.7. The number of nitro groups is 3. The van der Waals surface area contributed by atoms with Crippen molar-refractivity contribution in [2.45, 2.75) is 0 Å². The first kappa shape index (κ1) is 20.9. The minimum absolute atomic E-state index is 0.167. The molecule has 1 heterocycles. The van der Waals surface area contributed by atoms with E-state index in [9.17, 15) is 35.1 Å². The molecule has 0 atom stereocenters. The van der Waals surface area contributed by atoms with Gasteiger partial charge in [0.25, 0.3) is 17.3 Å². The first-order valence-electron chi connectivity index (χ1n) is 8.38.